The second-order valence-corrected chi connectivity index (χ2v) is 7.70. The van der Waals surface area contributed by atoms with Gasteiger partial charge < -0.3 is 9.84 Å². The lowest BCUT2D eigenvalue weighted by molar-refractivity contribution is -0.188. The normalized spacial score (nSPS) is 32.5. The molecule has 4 fully saturated rings. The number of carbonyl (C=O) groups excluding carboxylic acids is 1. The molecule has 5 rings (SSSR count). The van der Waals surface area contributed by atoms with Crippen molar-refractivity contribution in [2.45, 2.75) is 50.2 Å². The highest BCUT2D eigenvalue weighted by Crippen LogP contribution is 2.42. The zero-order valence-electron chi connectivity index (χ0n) is 14.2. The van der Waals surface area contributed by atoms with Crippen LogP contribution in [-0.4, -0.2) is 41.7 Å². The number of piperidine rings is 3. The van der Waals surface area contributed by atoms with Gasteiger partial charge in [-0.15, -0.1) is 0 Å². The largest absolute Gasteiger partial charge is 0.458 e. The quantitative estimate of drug-likeness (QED) is 0.863. The lowest BCUT2D eigenvalue weighted by Crippen LogP contribution is -2.54. The van der Waals surface area contributed by atoms with Crippen LogP contribution in [0.4, 0.5) is 0 Å². The minimum atomic E-state index is -1.50. The Labute approximate surface area is 143 Å². The SMILES string of the molecule is O=C(OC1CN2CCC1CC2)[C@@](O)(c1ccccc1)C1CCCC1. The van der Waals surface area contributed by atoms with Crippen LogP contribution in [0.25, 0.3) is 0 Å². The molecule has 1 aliphatic carbocycles. The number of nitrogens with zero attached hydrogens (tertiary/aromatic N) is 1. The van der Waals surface area contributed by atoms with Gasteiger partial charge in [-0.1, -0.05) is 43.2 Å². The molecule has 1 aromatic rings. The summed E-state index contributed by atoms with van der Waals surface area (Å²) < 4.78 is 5.93. The molecular weight excluding hydrogens is 302 g/mol. The Hall–Kier alpha value is -1.39. The second kappa shape index (κ2) is 6.49. The molecule has 1 N–H and O–H groups in total. The van der Waals surface area contributed by atoms with Gasteiger partial charge >= 0.3 is 5.97 Å². The van der Waals surface area contributed by atoms with Crippen LogP contribution in [0.3, 0.4) is 0 Å². The van der Waals surface area contributed by atoms with Gasteiger partial charge in [0.1, 0.15) is 6.10 Å². The molecule has 4 nitrogen and oxygen atoms in total. The number of ether oxygens (including phenoxy) is 1. The fourth-order valence-electron chi connectivity index (χ4n) is 4.83. The van der Waals surface area contributed by atoms with Crippen molar-refractivity contribution in [3.8, 4) is 0 Å². The van der Waals surface area contributed by atoms with Crippen LogP contribution in [0.1, 0.15) is 44.1 Å². The number of aliphatic hydroxyl groups is 1. The summed E-state index contributed by atoms with van der Waals surface area (Å²) >= 11 is 0. The number of esters is 1. The van der Waals surface area contributed by atoms with Gasteiger partial charge in [0.05, 0.1) is 0 Å². The fourth-order valence-corrected chi connectivity index (χ4v) is 4.83. The van der Waals surface area contributed by atoms with E-state index in [0.717, 1.165) is 58.2 Å². The fraction of sp³-hybridized carbons (Fsp3) is 0.650. The molecule has 2 atom stereocenters. The first-order chi connectivity index (χ1) is 11.7. The number of rotatable bonds is 4. The zero-order chi connectivity index (χ0) is 16.6. The smallest absolute Gasteiger partial charge is 0.343 e. The van der Waals surface area contributed by atoms with Gasteiger partial charge in [0.2, 0.25) is 0 Å². The maximum absolute atomic E-state index is 13.1. The molecule has 130 valence electrons. The molecule has 1 saturated carbocycles. The number of carbonyl (C=O) groups is 1. The summed E-state index contributed by atoms with van der Waals surface area (Å²) in [6.45, 7) is 3.06. The Morgan fingerprint density at radius 3 is 2.33 bits per heavy atom. The molecule has 0 amide bonds. The first-order valence-corrected chi connectivity index (χ1v) is 9.39. The van der Waals surface area contributed by atoms with Crippen molar-refractivity contribution in [3.05, 3.63) is 35.9 Å². The van der Waals surface area contributed by atoms with E-state index in [1.165, 1.54) is 0 Å². The summed E-state index contributed by atoms with van der Waals surface area (Å²) in [5.74, 6) is -0.00427. The average molecular weight is 329 g/mol. The minimum absolute atomic E-state index is 0.0338. The van der Waals surface area contributed by atoms with Crippen LogP contribution in [0.2, 0.25) is 0 Å². The predicted molar refractivity (Wildman–Crippen MR) is 91.3 cm³/mol. The first-order valence-electron chi connectivity index (χ1n) is 9.39. The van der Waals surface area contributed by atoms with E-state index in [0.29, 0.717) is 11.5 Å². The average Bonchev–Trinajstić information content (AvgIpc) is 3.18. The van der Waals surface area contributed by atoms with Crippen molar-refractivity contribution in [2.75, 3.05) is 19.6 Å². The maximum atomic E-state index is 13.1. The Bertz CT molecular complexity index is 576. The van der Waals surface area contributed by atoms with E-state index in [1.54, 1.807) is 0 Å². The number of benzene rings is 1. The predicted octanol–water partition coefficient (Wildman–Crippen LogP) is 2.70. The summed E-state index contributed by atoms with van der Waals surface area (Å²) in [5, 5.41) is 11.5. The molecule has 0 radical (unpaired) electrons. The Kier molecular flexibility index (Phi) is 4.35. The molecule has 1 aromatic carbocycles. The van der Waals surface area contributed by atoms with Crippen molar-refractivity contribution in [2.24, 2.45) is 11.8 Å². The van der Waals surface area contributed by atoms with Crippen LogP contribution < -0.4 is 0 Å². The van der Waals surface area contributed by atoms with Gasteiger partial charge in [0.25, 0.3) is 0 Å². The third-order valence-electron chi connectivity index (χ3n) is 6.33. The monoisotopic (exact) mass is 329 g/mol. The molecule has 0 aromatic heterocycles. The molecule has 0 spiro atoms. The van der Waals surface area contributed by atoms with Gasteiger partial charge in [-0.25, -0.2) is 4.79 Å². The van der Waals surface area contributed by atoms with Crippen LogP contribution in [0.5, 0.6) is 0 Å². The Morgan fingerprint density at radius 1 is 1.08 bits per heavy atom. The van der Waals surface area contributed by atoms with Crippen molar-refractivity contribution < 1.29 is 14.6 Å². The summed E-state index contributed by atoms with van der Waals surface area (Å²) in [5.41, 5.74) is -0.813. The van der Waals surface area contributed by atoms with E-state index < -0.39 is 11.6 Å². The van der Waals surface area contributed by atoms with E-state index in [1.807, 2.05) is 30.3 Å². The van der Waals surface area contributed by atoms with E-state index in [4.69, 9.17) is 4.74 Å². The van der Waals surface area contributed by atoms with E-state index in [-0.39, 0.29) is 12.0 Å². The lowest BCUT2D eigenvalue weighted by atomic mass is 9.79. The van der Waals surface area contributed by atoms with E-state index in [2.05, 4.69) is 4.90 Å². The molecule has 1 unspecified atom stereocenters. The molecule has 3 aliphatic heterocycles. The number of hydrogen-bond acceptors (Lipinski definition) is 4. The lowest BCUT2D eigenvalue weighted by Gasteiger charge is -2.45. The minimum Gasteiger partial charge on any atom is -0.458 e. The molecule has 4 aliphatic rings. The van der Waals surface area contributed by atoms with Gasteiger partial charge in [-0.3, -0.25) is 4.90 Å². The third-order valence-corrected chi connectivity index (χ3v) is 6.33. The molecular formula is C20H27NO3. The van der Waals surface area contributed by atoms with Crippen molar-refractivity contribution >= 4 is 5.97 Å². The molecule has 3 saturated heterocycles. The zero-order valence-corrected chi connectivity index (χ0v) is 14.2. The molecule has 3 heterocycles. The van der Waals surface area contributed by atoms with Gasteiger partial charge in [0, 0.05) is 12.5 Å². The summed E-state index contributed by atoms with van der Waals surface area (Å²) in [6.07, 6.45) is 6.08. The van der Waals surface area contributed by atoms with Gasteiger partial charge in [-0.05, 0) is 50.3 Å². The van der Waals surface area contributed by atoms with Crippen LogP contribution in [0, 0.1) is 11.8 Å². The summed E-state index contributed by atoms with van der Waals surface area (Å²) in [6, 6.07) is 9.40. The maximum Gasteiger partial charge on any atom is 0.343 e. The molecule has 2 bridgehead atoms. The third kappa shape index (κ3) is 2.76. The second-order valence-electron chi connectivity index (χ2n) is 7.70. The highest BCUT2D eigenvalue weighted by atomic mass is 16.6. The Balaban J connectivity index is 1.57. The van der Waals surface area contributed by atoms with Crippen molar-refractivity contribution in [1.82, 2.24) is 4.90 Å². The standard InChI is InChI=1S/C20H27NO3/c22-19(24-18-14-21-12-10-15(18)11-13-21)20(23,17-8-4-5-9-17)16-6-2-1-3-7-16/h1-3,6-7,15,17-18,23H,4-5,8-14H2/t18?,20-/m1/s1. The highest BCUT2D eigenvalue weighted by molar-refractivity contribution is 5.81. The van der Waals surface area contributed by atoms with Crippen LogP contribution in [0.15, 0.2) is 30.3 Å². The van der Waals surface area contributed by atoms with Gasteiger partial charge in [0.15, 0.2) is 5.60 Å². The Morgan fingerprint density at radius 2 is 1.75 bits per heavy atom. The highest BCUT2D eigenvalue weighted by Gasteiger charge is 2.49. The van der Waals surface area contributed by atoms with E-state index >= 15 is 0 Å². The van der Waals surface area contributed by atoms with Gasteiger partial charge in [-0.2, -0.15) is 0 Å². The number of fused-ring (bicyclic) bond motifs is 3. The summed E-state index contributed by atoms with van der Waals surface area (Å²) in [7, 11) is 0. The first kappa shape index (κ1) is 16.1. The summed E-state index contributed by atoms with van der Waals surface area (Å²) in [4.78, 5) is 15.5. The van der Waals surface area contributed by atoms with Crippen molar-refractivity contribution in [1.29, 1.82) is 0 Å². The molecule has 24 heavy (non-hydrogen) atoms. The van der Waals surface area contributed by atoms with Crippen LogP contribution >= 0.6 is 0 Å². The molecule has 4 heteroatoms. The topological polar surface area (TPSA) is 49.8 Å². The van der Waals surface area contributed by atoms with Crippen molar-refractivity contribution in [3.63, 3.8) is 0 Å². The van der Waals surface area contributed by atoms with Crippen LogP contribution in [-0.2, 0) is 15.1 Å². The number of hydrogen-bond donors (Lipinski definition) is 1. The van der Waals surface area contributed by atoms with E-state index in [9.17, 15) is 9.90 Å².